The van der Waals surface area contributed by atoms with Crippen molar-refractivity contribution in [1.29, 1.82) is 0 Å². The first kappa shape index (κ1) is 24.1. The fourth-order valence-corrected chi connectivity index (χ4v) is 7.66. The van der Waals surface area contributed by atoms with Crippen LogP contribution in [0.2, 0.25) is 0 Å². The van der Waals surface area contributed by atoms with Crippen LogP contribution in [0.4, 0.5) is 0 Å². The van der Waals surface area contributed by atoms with Crippen molar-refractivity contribution in [2.45, 2.75) is 118 Å². The van der Waals surface area contributed by atoms with E-state index in [0.717, 1.165) is 37.9 Å². The van der Waals surface area contributed by atoms with Crippen molar-refractivity contribution in [2.75, 3.05) is 13.2 Å². The van der Waals surface area contributed by atoms with Crippen LogP contribution in [0, 0.1) is 22.7 Å². The molecule has 2 heterocycles. The third-order valence-electron chi connectivity index (χ3n) is 7.61. The monoisotopic (exact) mass is 416 g/mol. The van der Waals surface area contributed by atoms with Crippen molar-refractivity contribution in [3.8, 4) is 0 Å². The second-order valence-corrected chi connectivity index (χ2v) is 13.1. The Labute approximate surface area is 186 Å². The molecule has 4 atom stereocenters. The quantitative estimate of drug-likeness (QED) is 0.374. The SMILES string of the molecule is CC1=CC2(CC(C)CC(C)(C)C2)OCC1.CC1=CCOC2(C1)CC(C)CC(C)(C)C2. The molecule has 0 radical (unpaired) electrons. The zero-order chi connectivity index (χ0) is 22.2. The van der Waals surface area contributed by atoms with Crippen molar-refractivity contribution in [3.05, 3.63) is 23.3 Å². The molecule has 4 rings (SSSR count). The number of ether oxygens (including phenoxy) is 2. The topological polar surface area (TPSA) is 18.5 Å². The maximum Gasteiger partial charge on any atom is 0.0872 e. The smallest absolute Gasteiger partial charge is 0.0872 e. The largest absolute Gasteiger partial charge is 0.371 e. The van der Waals surface area contributed by atoms with Crippen molar-refractivity contribution in [2.24, 2.45) is 22.7 Å². The molecule has 30 heavy (non-hydrogen) atoms. The molecule has 172 valence electrons. The highest BCUT2D eigenvalue weighted by Crippen LogP contribution is 2.49. The van der Waals surface area contributed by atoms with Crippen LogP contribution in [-0.4, -0.2) is 24.4 Å². The molecule has 0 bridgehead atoms. The molecular formula is C28H48O2. The summed E-state index contributed by atoms with van der Waals surface area (Å²) in [5.74, 6) is 1.59. The van der Waals surface area contributed by atoms with Gasteiger partial charge in [-0.15, -0.1) is 0 Å². The Bertz CT molecular complexity index is 670. The van der Waals surface area contributed by atoms with Gasteiger partial charge in [0.15, 0.2) is 0 Å². The van der Waals surface area contributed by atoms with Gasteiger partial charge in [0, 0.05) is 0 Å². The van der Waals surface area contributed by atoms with E-state index in [1.807, 2.05) is 0 Å². The molecule has 0 N–H and O–H groups in total. The van der Waals surface area contributed by atoms with E-state index >= 15 is 0 Å². The van der Waals surface area contributed by atoms with Gasteiger partial charge in [-0.3, -0.25) is 0 Å². The zero-order valence-corrected chi connectivity index (χ0v) is 21.2. The van der Waals surface area contributed by atoms with Crippen molar-refractivity contribution in [1.82, 2.24) is 0 Å². The van der Waals surface area contributed by atoms with Crippen molar-refractivity contribution in [3.63, 3.8) is 0 Å². The van der Waals surface area contributed by atoms with Crippen LogP contribution in [0.15, 0.2) is 23.3 Å². The van der Waals surface area contributed by atoms with E-state index in [1.54, 1.807) is 0 Å². The summed E-state index contributed by atoms with van der Waals surface area (Å²) in [4.78, 5) is 0. The number of rotatable bonds is 0. The lowest BCUT2D eigenvalue weighted by molar-refractivity contribution is -0.107. The summed E-state index contributed by atoms with van der Waals surface area (Å²) in [6, 6.07) is 0. The Morgan fingerprint density at radius 3 is 2.00 bits per heavy atom. The molecule has 2 fully saturated rings. The van der Waals surface area contributed by atoms with Crippen LogP contribution in [0.5, 0.6) is 0 Å². The molecule has 0 aromatic carbocycles. The predicted octanol–water partition coefficient (Wildman–Crippen LogP) is 7.88. The summed E-state index contributed by atoms with van der Waals surface area (Å²) in [7, 11) is 0. The standard InChI is InChI=1S/2C14H24O/c2*1-11-5-6-15-14(8-11)9-12(2)7-13(3,4)10-14/h8,12H,5-7,9-10H2,1-4H3;5,12H,6-10H2,1-4H3. The van der Waals surface area contributed by atoms with Gasteiger partial charge in [0.2, 0.25) is 0 Å². The highest BCUT2D eigenvalue weighted by atomic mass is 16.5. The maximum absolute atomic E-state index is 6.11. The molecule has 2 spiro atoms. The summed E-state index contributed by atoms with van der Waals surface area (Å²) < 4.78 is 12.2. The van der Waals surface area contributed by atoms with E-state index in [1.165, 1.54) is 49.7 Å². The molecule has 2 heteroatoms. The van der Waals surface area contributed by atoms with Gasteiger partial charge >= 0.3 is 0 Å². The summed E-state index contributed by atoms with van der Waals surface area (Å²) in [5, 5.41) is 0. The van der Waals surface area contributed by atoms with Gasteiger partial charge in [-0.2, -0.15) is 0 Å². The van der Waals surface area contributed by atoms with E-state index < -0.39 is 0 Å². The first-order valence-electron chi connectivity index (χ1n) is 12.4. The van der Waals surface area contributed by atoms with E-state index in [-0.39, 0.29) is 11.2 Å². The highest BCUT2D eigenvalue weighted by Gasteiger charge is 2.45. The van der Waals surface area contributed by atoms with Gasteiger partial charge in [-0.25, -0.2) is 0 Å². The summed E-state index contributed by atoms with van der Waals surface area (Å²) in [5.41, 5.74) is 4.17. The molecular weight excluding hydrogens is 368 g/mol. The van der Waals surface area contributed by atoms with Crippen molar-refractivity contribution >= 4 is 0 Å². The molecule has 2 aliphatic carbocycles. The minimum absolute atomic E-state index is 0.0729. The van der Waals surface area contributed by atoms with E-state index in [0.29, 0.717) is 10.8 Å². The van der Waals surface area contributed by atoms with Crippen LogP contribution >= 0.6 is 0 Å². The average molecular weight is 417 g/mol. The fourth-order valence-electron chi connectivity index (χ4n) is 7.66. The van der Waals surface area contributed by atoms with Crippen molar-refractivity contribution < 1.29 is 9.47 Å². The fraction of sp³-hybridized carbons (Fsp3) is 0.857. The number of hydrogen-bond donors (Lipinski definition) is 0. The summed E-state index contributed by atoms with van der Waals surface area (Å²) in [6.45, 7) is 20.5. The van der Waals surface area contributed by atoms with Crippen LogP contribution in [0.25, 0.3) is 0 Å². The molecule has 0 aromatic rings. The van der Waals surface area contributed by atoms with Crippen LogP contribution in [-0.2, 0) is 9.47 Å². The zero-order valence-electron chi connectivity index (χ0n) is 21.2. The first-order chi connectivity index (χ1) is 13.8. The first-order valence-corrected chi connectivity index (χ1v) is 12.4. The minimum atomic E-state index is 0.0729. The lowest BCUT2D eigenvalue weighted by Gasteiger charge is -2.49. The van der Waals surface area contributed by atoms with Crippen LogP contribution in [0.1, 0.15) is 107 Å². The summed E-state index contributed by atoms with van der Waals surface area (Å²) in [6.07, 6.45) is 14.5. The highest BCUT2D eigenvalue weighted by molar-refractivity contribution is 5.16. The van der Waals surface area contributed by atoms with Gasteiger partial charge in [-0.1, -0.05) is 64.8 Å². The lowest BCUT2D eigenvalue weighted by atomic mass is 9.64. The van der Waals surface area contributed by atoms with E-state index in [9.17, 15) is 0 Å². The summed E-state index contributed by atoms with van der Waals surface area (Å²) >= 11 is 0. The third kappa shape index (κ3) is 6.22. The Morgan fingerprint density at radius 2 is 1.43 bits per heavy atom. The third-order valence-corrected chi connectivity index (χ3v) is 7.61. The molecule has 2 nitrogen and oxygen atoms in total. The normalized spacial score (nSPS) is 40.3. The Kier molecular flexibility index (Phi) is 7.00. The lowest BCUT2D eigenvalue weighted by Crippen LogP contribution is -2.45. The second-order valence-electron chi connectivity index (χ2n) is 13.1. The van der Waals surface area contributed by atoms with Gasteiger partial charge in [-0.05, 0) is 87.9 Å². The molecule has 4 aliphatic rings. The van der Waals surface area contributed by atoms with Gasteiger partial charge in [0.1, 0.15) is 0 Å². The minimum Gasteiger partial charge on any atom is -0.371 e. The van der Waals surface area contributed by atoms with Gasteiger partial charge < -0.3 is 9.47 Å². The van der Waals surface area contributed by atoms with E-state index in [4.69, 9.17) is 9.47 Å². The van der Waals surface area contributed by atoms with Crippen LogP contribution in [0.3, 0.4) is 0 Å². The number of hydrogen-bond acceptors (Lipinski definition) is 2. The van der Waals surface area contributed by atoms with Crippen LogP contribution < -0.4 is 0 Å². The average Bonchev–Trinajstić information content (AvgIpc) is 2.49. The molecule has 0 aromatic heterocycles. The molecule has 2 saturated carbocycles. The Morgan fingerprint density at radius 1 is 0.800 bits per heavy atom. The van der Waals surface area contributed by atoms with E-state index in [2.05, 4.69) is 67.5 Å². The Hall–Kier alpha value is -0.600. The van der Waals surface area contributed by atoms with Gasteiger partial charge in [0.25, 0.3) is 0 Å². The second kappa shape index (κ2) is 8.74. The molecule has 2 aliphatic heterocycles. The predicted molar refractivity (Wildman–Crippen MR) is 128 cm³/mol. The molecule has 0 amide bonds. The molecule has 0 saturated heterocycles. The molecule has 4 unspecified atom stereocenters. The maximum atomic E-state index is 6.11. The Balaban J connectivity index is 0.000000171. The van der Waals surface area contributed by atoms with Gasteiger partial charge in [0.05, 0.1) is 24.4 Å².